The second kappa shape index (κ2) is 14.3. The monoisotopic (exact) mass is 659 g/mol. The molecular weight excluding hydrogens is 622 g/mol. The molecule has 2 aromatic carbocycles. The molecule has 2 atom stereocenters. The molecule has 45 heavy (non-hydrogen) atoms. The summed E-state index contributed by atoms with van der Waals surface area (Å²) in [6, 6.07) is 14.8. The van der Waals surface area contributed by atoms with Crippen LogP contribution in [0.5, 0.6) is 11.5 Å². The van der Waals surface area contributed by atoms with Crippen LogP contribution in [0.25, 0.3) is 0 Å². The van der Waals surface area contributed by atoms with Gasteiger partial charge < -0.3 is 19.1 Å². The highest BCUT2D eigenvalue weighted by atomic mass is 32.2. The molecule has 1 aliphatic rings. The van der Waals surface area contributed by atoms with Crippen LogP contribution in [-0.4, -0.2) is 95.4 Å². The highest BCUT2D eigenvalue weighted by Gasteiger charge is 2.47. The molecule has 1 aromatic heterocycles. The Morgan fingerprint density at radius 1 is 1.04 bits per heavy atom. The Morgan fingerprint density at radius 3 is 2.31 bits per heavy atom. The lowest BCUT2D eigenvalue weighted by Gasteiger charge is -2.31. The van der Waals surface area contributed by atoms with E-state index in [1.165, 1.54) is 45.7 Å². The lowest BCUT2D eigenvalue weighted by Crippen LogP contribution is -2.56. The number of benzene rings is 2. The molecule has 2 amide bonds. The van der Waals surface area contributed by atoms with Crippen LogP contribution in [0.15, 0.2) is 71.9 Å². The van der Waals surface area contributed by atoms with Crippen molar-refractivity contribution in [3.8, 4) is 11.5 Å². The summed E-state index contributed by atoms with van der Waals surface area (Å²) in [7, 11) is 0.00410. The number of hydrogen-bond donors (Lipinski definition) is 1. The van der Waals surface area contributed by atoms with Gasteiger partial charge in [-0.1, -0.05) is 30.3 Å². The molecule has 0 bridgehead atoms. The number of nitrogens with zero attached hydrogens (tertiary/aromatic N) is 4. The summed E-state index contributed by atoms with van der Waals surface area (Å²) in [5, 5.41) is 5.86. The van der Waals surface area contributed by atoms with Crippen LogP contribution >= 0.6 is 11.8 Å². The number of esters is 1. The van der Waals surface area contributed by atoms with Crippen LogP contribution in [0.3, 0.4) is 0 Å². The van der Waals surface area contributed by atoms with E-state index in [0.717, 1.165) is 0 Å². The minimum absolute atomic E-state index is 0.00354. The van der Waals surface area contributed by atoms with Gasteiger partial charge in [0.15, 0.2) is 5.03 Å². The first-order valence-corrected chi connectivity index (χ1v) is 16.6. The van der Waals surface area contributed by atoms with Crippen molar-refractivity contribution < 1.29 is 37.0 Å². The third-order valence-corrected chi connectivity index (χ3v) is 9.84. The molecule has 0 saturated carbocycles. The fraction of sp³-hybridized carbons (Fsp3) is 0.400. The molecule has 1 aliphatic heterocycles. The molecule has 242 valence electrons. The van der Waals surface area contributed by atoms with Crippen molar-refractivity contribution in [1.29, 1.82) is 0 Å². The van der Waals surface area contributed by atoms with E-state index in [-0.39, 0.29) is 25.4 Å². The minimum Gasteiger partial charge on any atom is -0.490 e. The first-order chi connectivity index (χ1) is 21.3. The van der Waals surface area contributed by atoms with Gasteiger partial charge in [-0.25, -0.2) is 13.9 Å². The lowest BCUT2D eigenvalue weighted by molar-refractivity contribution is -0.152. The van der Waals surface area contributed by atoms with Gasteiger partial charge in [0.25, 0.3) is 15.9 Å². The Morgan fingerprint density at radius 2 is 1.73 bits per heavy atom. The largest absolute Gasteiger partial charge is 0.490 e. The van der Waals surface area contributed by atoms with Gasteiger partial charge in [-0.05, 0) is 49.7 Å². The van der Waals surface area contributed by atoms with Gasteiger partial charge in [0, 0.05) is 45.1 Å². The Labute approximate surface area is 266 Å². The van der Waals surface area contributed by atoms with Crippen molar-refractivity contribution in [2.24, 2.45) is 7.05 Å². The Balaban J connectivity index is 1.66. The average molecular weight is 660 g/mol. The van der Waals surface area contributed by atoms with Crippen LogP contribution in [-0.2, 0) is 37.8 Å². The zero-order valence-electron chi connectivity index (χ0n) is 25.7. The highest BCUT2D eigenvalue weighted by molar-refractivity contribution is 8.01. The van der Waals surface area contributed by atoms with Crippen molar-refractivity contribution in [2.45, 2.75) is 42.2 Å². The van der Waals surface area contributed by atoms with E-state index >= 15 is 0 Å². The average Bonchev–Trinajstić information content (AvgIpc) is 3.61. The number of ether oxygens (including phenoxy) is 3. The number of sulfonamides is 1. The normalized spacial score (nSPS) is 16.4. The minimum atomic E-state index is -4.63. The summed E-state index contributed by atoms with van der Waals surface area (Å²) in [6.07, 6.45) is 0.631. The van der Waals surface area contributed by atoms with Gasteiger partial charge in [-0.3, -0.25) is 14.8 Å². The summed E-state index contributed by atoms with van der Waals surface area (Å²) in [6.45, 7) is 3.60. The van der Waals surface area contributed by atoms with Crippen molar-refractivity contribution in [3.63, 3.8) is 0 Å². The van der Waals surface area contributed by atoms with E-state index in [0.29, 0.717) is 21.4 Å². The van der Waals surface area contributed by atoms with Crippen molar-refractivity contribution >= 4 is 39.8 Å². The maximum absolute atomic E-state index is 14.1. The number of nitrogens with one attached hydrogen (secondary N) is 1. The Kier molecular flexibility index (Phi) is 10.8. The fourth-order valence-electron chi connectivity index (χ4n) is 4.34. The number of thioether (sulfide) groups is 1. The Hall–Kier alpha value is -4.08. The molecule has 2 heterocycles. The fourth-order valence-corrected chi connectivity index (χ4v) is 7.23. The molecule has 1 N–H and O–H groups in total. The van der Waals surface area contributed by atoms with Gasteiger partial charge in [0.2, 0.25) is 0 Å². The molecule has 0 unspecified atom stereocenters. The topological polar surface area (TPSA) is 149 Å². The second-order valence-corrected chi connectivity index (χ2v) is 14.0. The predicted octanol–water partition coefficient (Wildman–Crippen LogP) is 2.67. The van der Waals surface area contributed by atoms with Crippen LogP contribution in [0, 0.1) is 0 Å². The standard InChI is InChI=1S/C30H37N5O8S2/c1-30(2)20-44-26(31-30)27(36)35(45(39,40)25-15-16-34(5)32-25)24(28(37)42-18-17-41-22-9-7-6-8-10-22)19-21-11-13-23(14-12-21)43-29(38)33(3)4/h6-16,24,26,31H,17-20H2,1-5H3/t24-,26-/m0/s1. The number of para-hydroxylation sites is 1. The maximum Gasteiger partial charge on any atom is 0.414 e. The van der Waals surface area contributed by atoms with Crippen molar-refractivity contribution in [3.05, 3.63) is 72.4 Å². The summed E-state index contributed by atoms with van der Waals surface area (Å²) in [4.78, 5) is 41.1. The van der Waals surface area contributed by atoms with Gasteiger partial charge in [0.05, 0.1) is 0 Å². The summed E-state index contributed by atoms with van der Waals surface area (Å²) >= 11 is 1.25. The van der Waals surface area contributed by atoms with Gasteiger partial charge in [-0.15, -0.1) is 11.8 Å². The first-order valence-electron chi connectivity index (χ1n) is 14.1. The highest BCUT2D eigenvalue weighted by Crippen LogP contribution is 2.31. The van der Waals surface area contributed by atoms with E-state index in [1.807, 2.05) is 19.9 Å². The zero-order chi connectivity index (χ0) is 32.8. The number of hydrogen-bond acceptors (Lipinski definition) is 11. The quantitative estimate of drug-likeness (QED) is 0.226. The molecular formula is C30H37N5O8S2. The van der Waals surface area contributed by atoms with E-state index < -0.39 is 50.0 Å². The van der Waals surface area contributed by atoms with Gasteiger partial charge in [0.1, 0.15) is 36.1 Å². The van der Waals surface area contributed by atoms with E-state index in [1.54, 1.807) is 57.5 Å². The van der Waals surface area contributed by atoms with Gasteiger partial charge >= 0.3 is 12.1 Å². The number of aryl methyl sites for hydroxylation is 1. The maximum atomic E-state index is 14.1. The summed E-state index contributed by atoms with van der Waals surface area (Å²) < 4.78 is 46.5. The van der Waals surface area contributed by atoms with E-state index in [9.17, 15) is 22.8 Å². The first kappa shape index (κ1) is 33.8. The molecule has 13 nitrogen and oxygen atoms in total. The number of rotatable bonds is 12. The molecule has 0 aliphatic carbocycles. The zero-order valence-corrected chi connectivity index (χ0v) is 27.3. The number of carbonyl (C=O) groups is 3. The second-order valence-electron chi connectivity index (χ2n) is 11.1. The molecule has 4 rings (SSSR count). The van der Waals surface area contributed by atoms with Crippen LogP contribution in [0.2, 0.25) is 0 Å². The van der Waals surface area contributed by atoms with E-state index in [4.69, 9.17) is 14.2 Å². The molecule has 15 heteroatoms. The van der Waals surface area contributed by atoms with Crippen LogP contribution in [0.1, 0.15) is 19.4 Å². The third-order valence-electron chi connectivity index (χ3n) is 6.60. The smallest absolute Gasteiger partial charge is 0.414 e. The predicted molar refractivity (Wildman–Crippen MR) is 167 cm³/mol. The third kappa shape index (κ3) is 8.77. The van der Waals surface area contributed by atoms with Crippen LogP contribution < -0.4 is 14.8 Å². The SMILES string of the molecule is CN(C)C(=O)Oc1ccc(C[C@@H](C(=O)OCCOc2ccccc2)N(C(=O)[C@H]2NC(C)(C)CS2)S(=O)(=O)c2ccn(C)n2)cc1. The molecule has 1 saturated heterocycles. The lowest BCUT2D eigenvalue weighted by atomic mass is 10.1. The van der Waals surface area contributed by atoms with Crippen LogP contribution in [0.4, 0.5) is 4.79 Å². The molecule has 1 fully saturated rings. The van der Waals surface area contributed by atoms with Crippen molar-refractivity contribution in [1.82, 2.24) is 24.3 Å². The molecule has 0 spiro atoms. The number of amides is 2. The summed E-state index contributed by atoms with van der Waals surface area (Å²) in [5.41, 5.74) is 0.0410. The number of aromatic nitrogens is 2. The van der Waals surface area contributed by atoms with Crippen molar-refractivity contribution in [2.75, 3.05) is 33.1 Å². The molecule has 0 radical (unpaired) electrons. The number of carbonyl (C=O) groups excluding carboxylic acids is 3. The molecule has 3 aromatic rings. The Bertz CT molecular complexity index is 1590. The van der Waals surface area contributed by atoms with E-state index in [2.05, 4.69) is 10.4 Å². The summed E-state index contributed by atoms with van der Waals surface area (Å²) in [5.74, 6) is -0.404. The van der Waals surface area contributed by atoms with Gasteiger partial charge in [-0.2, -0.15) is 13.5 Å².